The van der Waals surface area contributed by atoms with Crippen molar-refractivity contribution in [1.29, 1.82) is 0 Å². The average molecular weight is 354 g/mol. The first kappa shape index (κ1) is 17.5. The van der Waals surface area contributed by atoms with Crippen LogP contribution in [0.15, 0.2) is 47.1 Å². The van der Waals surface area contributed by atoms with Crippen molar-refractivity contribution in [2.75, 3.05) is 12.3 Å². The highest BCUT2D eigenvalue weighted by atomic mass is 32.2. The molecule has 2 heterocycles. The van der Waals surface area contributed by atoms with Gasteiger partial charge in [0.25, 0.3) is 0 Å². The highest BCUT2D eigenvalue weighted by molar-refractivity contribution is 7.98. The highest BCUT2D eigenvalue weighted by Crippen LogP contribution is 2.22. The second-order valence-corrected chi connectivity index (χ2v) is 7.08. The number of furan rings is 1. The molecule has 0 spiro atoms. The molecule has 5 heteroatoms. The van der Waals surface area contributed by atoms with Crippen LogP contribution in [0.2, 0.25) is 0 Å². The van der Waals surface area contributed by atoms with Gasteiger partial charge in [0.05, 0.1) is 24.0 Å². The number of aryl methyl sites for hydroxylation is 2. The van der Waals surface area contributed by atoms with Gasteiger partial charge in [0, 0.05) is 23.4 Å². The number of nitrogens with one attached hydrogen (secondary N) is 1. The molecule has 0 saturated heterocycles. The third-order valence-corrected chi connectivity index (χ3v) is 5.20. The maximum atomic E-state index is 12.3. The Kier molecular flexibility index (Phi) is 5.76. The summed E-state index contributed by atoms with van der Waals surface area (Å²) >= 11 is 1.75. The molecule has 1 amide bonds. The zero-order chi connectivity index (χ0) is 17.6. The number of hydrogen-bond acceptors (Lipinski definition) is 4. The van der Waals surface area contributed by atoms with Crippen LogP contribution in [0.3, 0.4) is 0 Å². The van der Waals surface area contributed by atoms with E-state index in [1.54, 1.807) is 18.0 Å². The van der Waals surface area contributed by atoms with Gasteiger partial charge >= 0.3 is 0 Å². The van der Waals surface area contributed by atoms with Crippen molar-refractivity contribution in [3.8, 4) is 0 Å². The lowest BCUT2D eigenvalue weighted by molar-refractivity contribution is -0.120. The summed E-state index contributed by atoms with van der Waals surface area (Å²) < 4.78 is 5.29. The standard InChI is InChI=1S/C20H22N2O2S/c1-14-17-7-3-4-8-19(17)22-15(2)18(14)12-20(23)21-9-11-25-13-16-6-5-10-24-16/h3-8,10H,9,11-13H2,1-2H3,(H,21,23). The quantitative estimate of drug-likeness (QED) is 0.651. The van der Waals surface area contributed by atoms with Crippen molar-refractivity contribution in [3.05, 3.63) is 65.2 Å². The maximum Gasteiger partial charge on any atom is 0.224 e. The van der Waals surface area contributed by atoms with E-state index in [1.807, 2.05) is 37.3 Å². The third kappa shape index (κ3) is 4.42. The normalized spacial score (nSPS) is 11.0. The van der Waals surface area contributed by atoms with E-state index in [-0.39, 0.29) is 5.91 Å². The Hall–Kier alpha value is -2.27. The summed E-state index contributed by atoms with van der Waals surface area (Å²) in [5.41, 5.74) is 4.08. The minimum absolute atomic E-state index is 0.0434. The fourth-order valence-electron chi connectivity index (χ4n) is 2.88. The Labute approximate surface area is 152 Å². The second-order valence-electron chi connectivity index (χ2n) is 5.98. The largest absolute Gasteiger partial charge is 0.468 e. The van der Waals surface area contributed by atoms with Crippen LogP contribution in [-0.2, 0) is 17.0 Å². The molecular weight excluding hydrogens is 332 g/mol. The number of amides is 1. The molecule has 0 aliphatic rings. The first-order valence-electron chi connectivity index (χ1n) is 8.37. The Balaban J connectivity index is 1.53. The molecule has 0 aliphatic carbocycles. The average Bonchev–Trinajstić information content (AvgIpc) is 3.12. The van der Waals surface area contributed by atoms with Crippen molar-refractivity contribution in [1.82, 2.24) is 10.3 Å². The molecule has 0 radical (unpaired) electrons. The number of fused-ring (bicyclic) bond motifs is 1. The second kappa shape index (κ2) is 8.21. The highest BCUT2D eigenvalue weighted by Gasteiger charge is 2.12. The predicted molar refractivity (Wildman–Crippen MR) is 103 cm³/mol. The number of rotatable bonds is 7. The van der Waals surface area contributed by atoms with Crippen molar-refractivity contribution in [2.24, 2.45) is 0 Å². The van der Waals surface area contributed by atoms with E-state index in [9.17, 15) is 4.79 Å². The molecule has 0 aliphatic heterocycles. The summed E-state index contributed by atoms with van der Waals surface area (Å²) in [4.78, 5) is 16.9. The number of pyridine rings is 1. The monoisotopic (exact) mass is 354 g/mol. The van der Waals surface area contributed by atoms with Crippen molar-refractivity contribution < 1.29 is 9.21 Å². The molecule has 1 aromatic carbocycles. The summed E-state index contributed by atoms with van der Waals surface area (Å²) in [6, 6.07) is 11.9. The van der Waals surface area contributed by atoms with Crippen LogP contribution in [0.4, 0.5) is 0 Å². The number of aromatic nitrogens is 1. The SMILES string of the molecule is Cc1nc2ccccc2c(C)c1CC(=O)NCCSCc1ccco1. The lowest BCUT2D eigenvalue weighted by Gasteiger charge is -2.12. The smallest absolute Gasteiger partial charge is 0.224 e. The zero-order valence-corrected chi connectivity index (χ0v) is 15.4. The molecule has 2 aromatic heterocycles. The summed E-state index contributed by atoms with van der Waals surface area (Å²) in [5.74, 6) is 2.70. The fraction of sp³-hybridized carbons (Fsp3) is 0.300. The molecule has 0 atom stereocenters. The van der Waals surface area contributed by atoms with Gasteiger partial charge in [-0.2, -0.15) is 11.8 Å². The van der Waals surface area contributed by atoms with Gasteiger partial charge in [-0.3, -0.25) is 9.78 Å². The minimum Gasteiger partial charge on any atom is -0.468 e. The summed E-state index contributed by atoms with van der Waals surface area (Å²) in [6.45, 7) is 4.70. The number of carbonyl (C=O) groups is 1. The van der Waals surface area contributed by atoms with E-state index in [0.717, 1.165) is 45.0 Å². The number of hydrogen-bond donors (Lipinski definition) is 1. The molecule has 3 aromatic rings. The van der Waals surface area contributed by atoms with Crippen LogP contribution in [0, 0.1) is 13.8 Å². The molecule has 0 fully saturated rings. The molecule has 1 N–H and O–H groups in total. The number of carbonyl (C=O) groups excluding carboxylic acids is 1. The van der Waals surface area contributed by atoms with Crippen LogP contribution < -0.4 is 5.32 Å². The van der Waals surface area contributed by atoms with Gasteiger partial charge in [-0.25, -0.2) is 0 Å². The molecule has 0 unspecified atom stereocenters. The number of benzene rings is 1. The minimum atomic E-state index is 0.0434. The number of thioether (sulfide) groups is 1. The van der Waals surface area contributed by atoms with E-state index in [2.05, 4.69) is 23.3 Å². The summed E-state index contributed by atoms with van der Waals surface area (Å²) in [6.07, 6.45) is 2.05. The number of para-hydroxylation sites is 1. The van der Waals surface area contributed by atoms with Gasteiger partial charge in [-0.15, -0.1) is 0 Å². The summed E-state index contributed by atoms with van der Waals surface area (Å²) in [5, 5.41) is 4.11. The lowest BCUT2D eigenvalue weighted by Crippen LogP contribution is -2.28. The lowest BCUT2D eigenvalue weighted by atomic mass is 9.99. The van der Waals surface area contributed by atoms with Crippen LogP contribution in [0.25, 0.3) is 10.9 Å². The van der Waals surface area contributed by atoms with Gasteiger partial charge in [-0.05, 0) is 43.2 Å². The first-order valence-corrected chi connectivity index (χ1v) is 9.52. The Morgan fingerprint density at radius 1 is 1.20 bits per heavy atom. The van der Waals surface area contributed by atoms with E-state index in [4.69, 9.17) is 4.42 Å². The van der Waals surface area contributed by atoms with Gasteiger partial charge in [0.2, 0.25) is 5.91 Å². The molecule has 25 heavy (non-hydrogen) atoms. The Morgan fingerprint density at radius 2 is 2.04 bits per heavy atom. The molecule has 0 bridgehead atoms. The maximum absolute atomic E-state index is 12.3. The molecule has 4 nitrogen and oxygen atoms in total. The van der Waals surface area contributed by atoms with Gasteiger partial charge in [0.1, 0.15) is 5.76 Å². The van der Waals surface area contributed by atoms with Crippen molar-refractivity contribution in [3.63, 3.8) is 0 Å². The van der Waals surface area contributed by atoms with E-state index in [1.165, 1.54) is 0 Å². The van der Waals surface area contributed by atoms with Crippen LogP contribution in [0.5, 0.6) is 0 Å². The number of nitrogens with zero attached hydrogens (tertiary/aromatic N) is 1. The Bertz CT molecular complexity index is 860. The molecule has 3 rings (SSSR count). The van der Waals surface area contributed by atoms with Crippen LogP contribution >= 0.6 is 11.8 Å². The first-order chi connectivity index (χ1) is 12.1. The molecular formula is C20H22N2O2S. The van der Waals surface area contributed by atoms with Gasteiger partial charge < -0.3 is 9.73 Å². The van der Waals surface area contributed by atoms with Gasteiger partial charge in [-0.1, -0.05) is 18.2 Å². The summed E-state index contributed by atoms with van der Waals surface area (Å²) in [7, 11) is 0. The predicted octanol–water partition coefficient (Wildman–Crippen LogP) is 4.04. The van der Waals surface area contributed by atoms with E-state index >= 15 is 0 Å². The van der Waals surface area contributed by atoms with Crippen molar-refractivity contribution in [2.45, 2.75) is 26.0 Å². The third-order valence-electron chi connectivity index (χ3n) is 4.22. The van der Waals surface area contributed by atoms with Crippen molar-refractivity contribution >= 4 is 28.6 Å². The topological polar surface area (TPSA) is 55.1 Å². The van der Waals surface area contributed by atoms with E-state index < -0.39 is 0 Å². The zero-order valence-electron chi connectivity index (χ0n) is 14.5. The van der Waals surface area contributed by atoms with Crippen LogP contribution in [0.1, 0.15) is 22.6 Å². The molecule has 0 saturated carbocycles. The molecule has 130 valence electrons. The Morgan fingerprint density at radius 3 is 2.84 bits per heavy atom. The van der Waals surface area contributed by atoms with Gasteiger partial charge in [0.15, 0.2) is 0 Å². The van der Waals surface area contributed by atoms with E-state index in [0.29, 0.717) is 13.0 Å². The fourth-order valence-corrected chi connectivity index (χ4v) is 3.64. The van der Waals surface area contributed by atoms with Crippen LogP contribution in [-0.4, -0.2) is 23.2 Å².